The van der Waals surface area contributed by atoms with Gasteiger partial charge in [-0.05, 0) is 30.7 Å². The summed E-state index contributed by atoms with van der Waals surface area (Å²) in [4.78, 5) is 18.1. The van der Waals surface area contributed by atoms with Crippen molar-refractivity contribution in [3.63, 3.8) is 0 Å². The van der Waals surface area contributed by atoms with Gasteiger partial charge in [0.25, 0.3) is 0 Å². The van der Waals surface area contributed by atoms with Crippen molar-refractivity contribution in [1.29, 1.82) is 0 Å². The minimum atomic E-state index is -0.000550. The number of benzene rings is 1. The number of hydrogen-bond donors (Lipinski definition) is 1. The standard InChI is InChI=1S/C16H17N3O/c1-11-7-8-12(10-17-11)18-14-9-16(20)19(2)15-6-4-3-5-13(14)15/h3-8,10,14,18H,9H2,1-2H3. The fraction of sp³-hybridized carbons (Fsp3) is 0.250. The van der Waals surface area contributed by atoms with Gasteiger partial charge in [-0.2, -0.15) is 0 Å². The summed E-state index contributed by atoms with van der Waals surface area (Å²) in [6.07, 6.45) is 2.27. The zero-order chi connectivity index (χ0) is 14.1. The molecule has 2 heterocycles. The molecule has 0 spiro atoms. The van der Waals surface area contributed by atoms with Gasteiger partial charge in [-0.25, -0.2) is 0 Å². The minimum Gasteiger partial charge on any atom is -0.376 e. The van der Waals surface area contributed by atoms with Crippen molar-refractivity contribution in [3.05, 3.63) is 53.9 Å². The van der Waals surface area contributed by atoms with Crippen molar-refractivity contribution in [2.45, 2.75) is 19.4 Å². The minimum absolute atomic E-state index is 0.000550. The van der Waals surface area contributed by atoms with E-state index in [1.54, 1.807) is 11.1 Å². The van der Waals surface area contributed by atoms with Crippen LogP contribution in [0.15, 0.2) is 42.6 Å². The lowest BCUT2D eigenvalue weighted by molar-refractivity contribution is -0.118. The number of carbonyl (C=O) groups is 1. The predicted octanol–water partition coefficient (Wildman–Crippen LogP) is 2.91. The van der Waals surface area contributed by atoms with Crippen LogP contribution in [-0.4, -0.2) is 17.9 Å². The second-order valence-electron chi connectivity index (χ2n) is 5.10. The molecule has 1 aromatic heterocycles. The van der Waals surface area contributed by atoms with E-state index in [1.807, 2.05) is 44.3 Å². The molecule has 2 aromatic rings. The lowest BCUT2D eigenvalue weighted by Crippen LogP contribution is -2.35. The molecule has 1 N–H and O–H groups in total. The fourth-order valence-corrected chi connectivity index (χ4v) is 2.53. The molecule has 3 rings (SSSR count). The largest absolute Gasteiger partial charge is 0.376 e. The number of carbonyl (C=O) groups excluding carboxylic acids is 1. The highest BCUT2D eigenvalue weighted by molar-refractivity contribution is 5.97. The van der Waals surface area contributed by atoms with Crippen LogP contribution in [0, 0.1) is 6.92 Å². The molecular formula is C16H17N3O. The highest BCUT2D eigenvalue weighted by atomic mass is 16.2. The number of nitrogens with one attached hydrogen (secondary N) is 1. The third kappa shape index (κ3) is 2.25. The number of nitrogens with zero attached hydrogens (tertiary/aromatic N) is 2. The van der Waals surface area contributed by atoms with E-state index in [-0.39, 0.29) is 11.9 Å². The first-order valence-electron chi connectivity index (χ1n) is 6.70. The van der Waals surface area contributed by atoms with Gasteiger partial charge in [-0.15, -0.1) is 0 Å². The molecule has 0 saturated carbocycles. The van der Waals surface area contributed by atoms with Crippen LogP contribution in [0.4, 0.5) is 11.4 Å². The lowest BCUT2D eigenvalue weighted by atomic mass is 9.96. The quantitative estimate of drug-likeness (QED) is 0.910. The maximum Gasteiger partial charge on any atom is 0.229 e. The van der Waals surface area contributed by atoms with Crippen molar-refractivity contribution < 1.29 is 4.79 Å². The van der Waals surface area contributed by atoms with Crippen LogP contribution >= 0.6 is 0 Å². The highest BCUT2D eigenvalue weighted by Gasteiger charge is 2.28. The number of para-hydroxylation sites is 1. The molecule has 0 bridgehead atoms. The van der Waals surface area contributed by atoms with E-state index in [1.165, 1.54) is 0 Å². The highest BCUT2D eigenvalue weighted by Crippen LogP contribution is 2.35. The van der Waals surface area contributed by atoms with Crippen LogP contribution in [0.3, 0.4) is 0 Å². The monoisotopic (exact) mass is 267 g/mol. The Hall–Kier alpha value is -2.36. The summed E-state index contributed by atoms with van der Waals surface area (Å²) < 4.78 is 0. The van der Waals surface area contributed by atoms with Crippen LogP contribution in [0.25, 0.3) is 0 Å². The van der Waals surface area contributed by atoms with Crippen LogP contribution in [0.5, 0.6) is 0 Å². The molecule has 1 unspecified atom stereocenters. The summed E-state index contributed by atoms with van der Waals surface area (Å²) in [6, 6.07) is 12.0. The molecule has 4 heteroatoms. The summed E-state index contributed by atoms with van der Waals surface area (Å²) in [5.74, 6) is 0.126. The van der Waals surface area contributed by atoms with Crippen molar-refractivity contribution in [2.24, 2.45) is 0 Å². The molecule has 4 nitrogen and oxygen atoms in total. The molecular weight excluding hydrogens is 250 g/mol. The van der Waals surface area contributed by atoms with Gasteiger partial charge in [-0.3, -0.25) is 9.78 Å². The molecule has 102 valence electrons. The third-order valence-electron chi connectivity index (χ3n) is 3.68. The Morgan fingerprint density at radius 2 is 2.05 bits per heavy atom. The fourth-order valence-electron chi connectivity index (χ4n) is 2.53. The summed E-state index contributed by atoms with van der Waals surface area (Å²) in [5.41, 5.74) is 4.04. The number of rotatable bonds is 2. The van der Waals surface area contributed by atoms with Gasteiger partial charge in [-0.1, -0.05) is 18.2 Å². The molecule has 0 aliphatic carbocycles. The Bertz CT molecular complexity index is 636. The topological polar surface area (TPSA) is 45.2 Å². The van der Waals surface area contributed by atoms with Crippen LogP contribution < -0.4 is 10.2 Å². The molecule has 20 heavy (non-hydrogen) atoms. The van der Waals surface area contributed by atoms with Gasteiger partial charge in [0, 0.05) is 18.4 Å². The van der Waals surface area contributed by atoms with E-state index in [4.69, 9.17) is 0 Å². The van der Waals surface area contributed by atoms with E-state index >= 15 is 0 Å². The number of amides is 1. The summed E-state index contributed by atoms with van der Waals surface area (Å²) >= 11 is 0. The summed E-state index contributed by atoms with van der Waals surface area (Å²) in [7, 11) is 1.82. The predicted molar refractivity (Wildman–Crippen MR) is 79.8 cm³/mol. The molecule has 0 saturated heterocycles. The average Bonchev–Trinajstić information content (AvgIpc) is 2.47. The first-order valence-corrected chi connectivity index (χ1v) is 6.70. The molecule has 0 fully saturated rings. The Labute approximate surface area is 118 Å². The SMILES string of the molecule is Cc1ccc(NC2CC(=O)N(C)c3ccccc32)cn1. The van der Waals surface area contributed by atoms with Gasteiger partial charge >= 0.3 is 0 Å². The van der Waals surface area contributed by atoms with Gasteiger partial charge in [0.1, 0.15) is 0 Å². The first kappa shape index (κ1) is 12.7. The molecule has 1 aliphatic heterocycles. The number of aryl methyl sites for hydroxylation is 1. The van der Waals surface area contributed by atoms with Crippen molar-refractivity contribution >= 4 is 17.3 Å². The Kier molecular flexibility index (Phi) is 3.14. The molecule has 1 atom stereocenters. The zero-order valence-corrected chi connectivity index (χ0v) is 11.6. The smallest absolute Gasteiger partial charge is 0.229 e. The van der Waals surface area contributed by atoms with Gasteiger partial charge in [0.2, 0.25) is 5.91 Å². The van der Waals surface area contributed by atoms with Crippen LogP contribution in [0.1, 0.15) is 23.7 Å². The second-order valence-corrected chi connectivity index (χ2v) is 5.10. The number of hydrogen-bond acceptors (Lipinski definition) is 3. The Morgan fingerprint density at radius 3 is 2.80 bits per heavy atom. The summed E-state index contributed by atoms with van der Waals surface area (Å²) in [6.45, 7) is 1.96. The average molecular weight is 267 g/mol. The number of anilines is 2. The number of pyridine rings is 1. The van der Waals surface area contributed by atoms with E-state index in [0.29, 0.717) is 6.42 Å². The molecule has 1 amide bonds. The van der Waals surface area contributed by atoms with E-state index in [2.05, 4.69) is 16.4 Å². The van der Waals surface area contributed by atoms with Crippen molar-refractivity contribution in [2.75, 3.05) is 17.3 Å². The van der Waals surface area contributed by atoms with E-state index < -0.39 is 0 Å². The Balaban J connectivity index is 1.92. The second kappa shape index (κ2) is 4.96. The molecule has 1 aromatic carbocycles. The van der Waals surface area contributed by atoms with Gasteiger partial charge < -0.3 is 10.2 Å². The van der Waals surface area contributed by atoms with Crippen LogP contribution in [-0.2, 0) is 4.79 Å². The third-order valence-corrected chi connectivity index (χ3v) is 3.68. The lowest BCUT2D eigenvalue weighted by Gasteiger charge is -2.32. The van der Waals surface area contributed by atoms with Gasteiger partial charge in [0.05, 0.1) is 24.3 Å². The van der Waals surface area contributed by atoms with Crippen LogP contribution in [0.2, 0.25) is 0 Å². The summed E-state index contributed by atoms with van der Waals surface area (Å²) in [5, 5.41) is 3.41. The normalized spacial score (nSPS) is 17.8. The van der Waals surface area contributed by atoms with E-state index in [0.717, 1.165) is 22.6 Å². The maximum atomic E-state index is 12.1. The number of fused-ring (bicyclic) bond motifs is 1. The zero-order valence-electron chi connectivity index (χ0n) is 11.6. The van der Waals surface area contributed by atoms with Gasteiger partial charge in [0.15, 0.2) is 0 Å². The Morgan fingerprint density at radius 1 is 1.25 bits per heavy atom. The maximum absolute atomic E-state index is 12.1. The van der Waals surface area contributed by atoms with Crippen molar-refractivity contribution in [3.8, 4) is 0 Å². The van der Waals surface area contributed by atoms with Crippen molar-refractivity contribution in [1.82, 2.24) is 4.98 Å². The molecule has 1 aliphatic rings. The molecule has 0 radical (unpaired) electrons. The first-order chi connectivity index (χ1) is 9.65. The number of aromatic nitrogens is 1. The van der Waals surface area contributed by atoms with E-state index in [9.17, 15) is 4.79 Å².